The van der Waals surface area contributed by atoms with Crippen LogP contribution in [-0.2, 0) is 18.4 Å². The summed E-state index contributed by atoms with van der Waals surface area (Å²) < 4.78 is 7.14. The van der Waals surface area contributed by atoms with Crippen molar-refractivity contribution in [2.75, 3.05) is 14.2 Å². The monoisotopic (exact) mass is 357 g/mol. The number of hydrogen-bond donors (Lipinski definition) is 2. The van der Waals surface area contributed by atoms with Crippen LogP contribution < -0.4 is 15.6 Å². The fraction of sp³-hybridized carbons (Fsp3) is 0.474. The highest BCUT2D eigenvalue weighted by molar-refractivity contribution is 5.82. The zero-order chi connectivity index (χ0) is 18.8. The van der Waals surface area contributed by atoms with Crippen LogP contribution in [0.15, 0.2) is 24.3 Å². The molecule has 1 saturated heterocycles. The van der Waals surface area contributed by atoms with Gasteiger partial charge >= 0.3 is 0 Å². The summed E-state index contributed by atoms with van der Waals surface area (Å²) in [5.41, 5.74) is 10.6. The lowest BCUT2D eigenvalue weighted by molar-refractivity contribution is -0.132. The van der Waals surface area contributed by atoms with Gasteiger partial charge in [0.25, 0.3) is 0 Å². The molecule has 26 heavy (non-hydrogen) atoms. The van der Waals surface area contributed by atoms with Gasteiger partial charge in [-0.2, -0.15) is 5.10 Å². The van der Waals surface area contributed by atoms with Crippen LogP contribution in [-0.4, -0.2) is 40.8 Å². The average Bonchev–Trinajstić information content (AvgIpc) is 3.22. The predicted octanol–water partition coefficient (Wildman–Crippen LogP) is 1.61. The molecule has 0 bridgehead atoms. The molecule has 0 saturated carbocycles. The molecule has 7 heteroatoms. The molecule has 1 aromatic carbocycles. The Morgan fingerprint density at radius 1 is 1.38 bits per heavy atom. The zero-order valence-electron chi connectivity index (χ0n) is 16.0. The molecule has 140 valence electrons. The molecule has 2 atom stereocenters. The first-order valence-electron chi connectivity index (χ1n) is 8.79. The van der Waals surface area contributed by atoms with Gasteiger partial charge in [-0.25, -0.2) is 10.9 Å². The van der Waals surface area contributed by atoms with Gasteiger partial charge in [-0.15, -0.1) is 0 Å². The number of carbonyl (C=O) groups excluding carboxylic acids is 1. The minimum absolute atomic E-state index is 0.0746. The number of hydrogen-bond acceptors (Lipinski definition) is 5. The van der Waals surface area contributed by atoms with E-state index in [0.717, 1.165) is 28.3 Å². The Labute approximate surface area is 154 Å². The Morgan fingerprint density at radius 3 is 2.81 bits per heavy atom. The van der Waals surface area contributed by atoms with Gasteiger partial charge in [-0.1, -0.05) is 12.1 Å². The molecule has 2 aromatic rings. The van der Waals surface area contributed by atoms with E-state index in [1.807, 2.05) is 56.9 Å². The van der Waals surface area contributed by atoms with Crippen LogP contribution >= 0.6 is 0 Å². The van der Waals surface area contributed by atoms with Gasteiger partial charge in [0.15, 0.2) is 0 Å². The Hall–Kier alpha value is -2.38. The number of ether oxygens (including phenoxy) is 1. The fourth-order valence-electron chi connectivity index (χ4n) is 3.42. The number of rotatable bonds is 5. The van der Waals surface area contributed by atoms with Crippen molar-refractivity contribution in [3.8, 4) is 5.75 Å². The molecule has 2 unspecified atom stereocenters. The third kappa shape index (κ3) is 3.59. The number of nitrogens with zero attached hydrogens (tertiary/aromatic N) is 3. The Balaban J connectivity index is 1.65. The van der Waals surface area contributed by atoms with Crippen LogP contribution in [0.2, 0.25) is 0 Å². The molecule has 0 radical (unpaired) electrons. The van der Waals surface area contributed by atoms with Crippen LogP contribution in [0.25, 0.3) is 0 Å². The number of aryl methyl sites for hydroxylation is 2. The molecule has 1 aromatic heterocycles. The maximum atomic E-state index is 12.9. The van der Waals surface area contributed by atoms with Crippen molar-refractivity contribution in [1.82, 2.24) is 25.5 Å². The number of methoxy groups -OCH3 is 1. The molecule has 2 N–H and O–H groups in total. The van der Waals surface area contributed by atoms with Crippen molar-refractivity contribution < 1.29 is 9.53 Å². The van der Waals surface area contributed by atoms with Gasteiger partial charge in [0.2, 0.25) is 5.91 Å². The largest absolute Gasteiger partial charge is 0.497 e. The van der Waals surface area contributed by atoms with Crippen LogP contribution in [0.3, 0.4) is 0 Å². The predicted molar refractivity (Wildman–Crippen MR) is 99.6 cm³/mol. The van der Waals surface area contributed by atoms with E-state index in [0.29, 0.717) is 13.0 Å². The van der Waals surface area contributed by atoms with Gasteiger partial charge in [0, 0.05) is 37.9 Å². The number of hydrazine groups is 1. The molecule has 7 nitrogen and oxygen atoms in total. The molecule has 1 amide bonds. The Bertz CT molecular complexity index is 801. The first-order chi connectivity index (χ1) is 12.4. The first-order valence-corrected chi connectivity index (χ1v) is 8.79. The summed E-state index contributed by atoms with van der Waals surface area (Å²) in [6.45, 7) is 4.57. The van der Waals surface area contributed by atoms with Crippen LogP contribution in [0.4, 0.5) is 0 Å². The van der Waals surface area contributed by atoms with Crippen molar-refractivity contribution in [3.63, 3.8) is 0 Å². The average molecular weight is 357 g/mol. The molecular formula is C19H27N5O2. The van der Waals surface area contributed by atoms with E-state index in [4.69, 9.17) is 4.74 Å². The highest BCUT2D eigenvalue weighted by Gasteiger charge is 2.32. The van der Waals surface area contributed by atoms with Crippen molar-refractivity contribution in [1.29, 1.82) is 0 Å². The maximum Gasteiger partial charge on any atom is 0.241 e. The smallest absolute Gasteiger partial charge is 0.241 e. The third-order valence-electron chi connectivity index (χ3n) is 5.13. The van der Waals surface area contributed by atoms with E-state index < -0.39 is 0 Å². The number of likely N-dealkylation sites (N-methyl/N-ethyl adjacent to an activating group) is 1. The molecule has 3 rings (SSSR count). The second-order valence-corrected chi connectivity index (χ2v) is 6.87. The van der Waals surface area contributed by atoms with E-state index in [2.05, 4.69) is 16.0 Å². The second-order valence-electron chi connectivity index (χ2n) is 6.87. The van der Waals surface area contributed by atoms with Crippen molar-refractivity contribution in [2.45, 2.75) is 38.9 Å². The number of aromatic nitrogens is 2. The SMILES string of the molecule is COc1cccc(C2CC(C(=O)N(C)Cc3c(C)nn(C)c3C)NN2)c1. The minimum Gasteiger partial charge on any atom is -0.497 e. The number of amides is 1. The van der Waals surface area contributed by atoms with Gasteiger partial charge < -0.3 is 9.64 Å². The Kier molecular flexibility index (Phi) is 5.29. The first kappa shape index (κ1) is 18.4. The number of carbonyl (C=O) groups is 1. The topological polar surface area (TPSA) is 71.4 Å². The van der Waals surface area contributed by atoms with E-state index >= 15 is 0 Å². The summed E-state index contributed by atoms with van der Waals surface area (Å²) in [6, 6.07) is 7.74. The summed E-state index contributed by atoms with van der Waals surface area (Å²) in [4.78, 5) is 14.6. The van der Waals surface area contributed by atoms with Gasteiger partial charge in [-0.3, -0.25) is 9.48 Å². The van der Waals surface area contributed by atoms with Crippen molar-refractivity contribution >= 4 is 5.91 Å². The van der Waals surface area contributed by atoms with E-state index in [-0.39, 0.29) is 18.0 Å². The summed E-state index contributed by atoms with van der Waals surface area (Å²) in [5.74, 6) is 0.893. The summed E-state index contributed by atoms with van der Waals surface area (Å²) >= 11 is 0. The number of benzene rings is 1. The standard InChI is InChI=1S/C19H27N5O2/c1-12-16(13(2)24(4)22-12)11-23(3)19(25)18-10-17(20-21-18)14-7-6-8-15(9-14)26-5/h6-9,17-18,20-21H,10-11H2,1-5H3. The third-order valence-corrected chi connectivity index (χ3v) is 5.13. The fourth-order valence-corrected chi connectivity index (χ4v) is 3.42. The normalized spacial score (nSPS) is 19.6. The molecule has 1 fully saturated rings. The van der Waals surface area contributed by atoms with E-state index in [9.17, 15) is 4.79 Å². The van der Waals surface area contributed by atoms with Gasteiger partial charge in [0.1, 0.15) is 11.8 Å². The van der Waals surface area contributed by atoms with Crippen molar-refractivity contribution in [2.24, 2.45) is 7.05 Å². The van der Waals surface area contributed by atoms with Crippen LogP contribution in [0.5, 0.6) is 5.75 Å². The van der Waals surface area contributed by atoms with Crippen LogP contribution in [0.1, 0.15) is 35.0 Å². The molecule has 1 aliphatic heterocycles. The van der Waals surface area contributed by atoms with E-state index in [1.165, 1.54) is 0 Å². The second kappa shape index (κ2) is 7.47. The van der Waals surface area contributed by atoms with Crippen LogP contribution in [0, 0.1) is 13.8 Å². The summed E-state index contributed by atoms with van der Waals surface area (Å²) in [6.07, 6.45) is 0.696. The lowest BCUT2D eigenvalue weighted by Gasteiger charge is -2.21. The number of nitrogens with one attached hydrogen (secondary N) is 2. The van der Waals surface area contributed by atoms with Crippen molar-refractivity contribution in [3.05, 3.63) is 46.8 Å². The maximum absolute atomic E-state index is 12.9. The zero-order valence-corrected chi connectivity index (χ0v) is 16.0. The molecule has 2 heterocycles. The highest BCUT2D eigenvalue weighted by atomic mass is 16.5. The quantitative estimate of drug-likeness (QED) is 0.851. The lowest BCUT2D eigenvalue weighted by Crippen LogP contribution is -2.43. The van der Waals surface area contributed by atoms with Gasteiger partial charge in [0.05, 0.1) is 12.8 Å². The summed E-state index contributed by atoms with van der Waals surface area (Å²) in [5, 5.41) is 4.43. The molecular weight excluding hydrogens is 330 g/mol. The van der Waals surface area contributed by atoms with E-state index in [1.54, 1.807) is 12.0 Å². The molecule has 1 aliphatic rings. The lowest BCUT2D eigenvalue weighted by atomic mass is 10.0. The summed E-state index contributed by atoms with van der Waals surface area (Å²) in [7, 11) is 5.42. The molecule has 0 aliphatic carbocycles. The molecule has 0 spiro atoms. The van der Waals surface area contributed by atoms with Gasteiger partial charge in [-0.05, 0) is 38.0 Å². The highest BCUT2D eigenvalue weighted by Crippen LogP contribution is 2.26. The minimum atomic E-state index is -0.256. The Morgan fingerprint density at radius 2 is 2.15 bits per heavy atom.